The van der Waals surface area contributed by atoms with Gasteiger partial charge in [0.25, 0.3) is 5.91 Å². The lowest BCUT2D eigenvalue weighted by Gasteiger charge is -2.35. The van der Waals surface area contributed by atoms with Gasteiger partial charge in [0.15, 0.2) is 0 Å². The number of carbonyl (C=O) groups is 2. The van der Waals surface area contributed by atoms with Gasteiger partial charge in [-0.2, -0.15) is 0 Å². The first-order chi connectivity index (χ1) is 13.5. The summed E-state index contributed by atoms with van der Waals surface area (Å²) in [4.78, 5) is 30.2. The first-order valence-corrected chi connectivity index (χ1v) is 10.9. The van der Waals surface area contributed by atoms with Crippen molar-refractivity contribution in [3.63, 3.8) is 0 Å². The van der Waals surface area contributed by atoms with E-state index in [0.29, 0.717) is 6.54 Å². The van der Waals surface area contributed by atoms with Crippen LogP contribution in [0.2, 0.25) is 0 Å². The summed E-state index contributed by atoms with van der Waals surface area (Å²) in [6.07, 6.45) is 4.04. The first-order valence-electron chi connectivity index (χ1n) is 10.9. The van der Waals surface area contributed by atoms with E-state index in [9.17, 15) is 9.59 Å². The Hall–Kier alpha value is -1.59. The molecule has 1 aromatic carbocycles. The number of nitrogens with zero attached hydrogens (tertiary/aromatic N) is 2. The number of hydrogen-bond donors (Lipinski definition) is 1. The third-order valence-corrected chi connectivity index (χ3v) is 6.86. The van der Waals surface area contributed by atoms with E-state index >= 15 is 0 Å². The Labute approximate surface area is 180 Å². The fourth-order valence-electron chi connectivity index (χ4n) is 5.34. The molecule has 0 radical (unpaired) electrons. The summed E-state index contributed by atoms with van der Waals surface area (Å²) < 4.78 is 0. The molecule has 0 aliphatic carbocycles. The number of fused-ring (bicyclic) bond motifs is 1. The van der Waals surface area contributed by atoms with Crippen LogP contribution < -0.4 is 5.32 Å². The normalized spacial score (nSPS) is 27.0. The van der Waals surface area contributed by atoms with Gasteiger partial charge in [0, 0.05) is 31.7 Å². The standard InChI is InChI=1S/C23H33N3O2.ClH/c1-16-10-17(2)12-21(11-16)23(28)26-7-3-4-20(15-26)22(27)25-8-5-18-13-24-14-19(18)6-9-25;/h10-12,18-20,24H,3-9,13-15H2,1-2H3;1H/t18-,19+,20?;. The van der Waals surface area contributed by atoms with E-state index in [1.54, 1.807) is 0 Å². The maximum Gasteiger partial charge on any atom is 0.253 e. The molecular weight excluding hydrogens is 386 g/mol. The lowest BCUT2D eigenvalue weighted by molar-refractivity contribution is -0.137. The Balaban J connectivity index is 0.00000240. The molecule has 3 saturated heterocycles. The number of halogens is 1. The lowest BCUT2D eigenvalue weighted by Crippen LogP contribution is -2.47. The molecule has 0 spiro atoms. The van der Waals surface area contributed by atoms with Crippen molar-refractivity contribution in [2.75, 3.05) is 39.3 Å². The first kappa shape index (κ1) is 22.1. The fourth-order valence-corrected chi connectivity index (χ4v) is 5.34. The maximum atomic E-state index is 13.2. The summed E-state index contributed by atoms with van der Waals surface area (Å²) in [5.41, 5.74) is 2.97. The van der Waals surface area contributed by atoms with Crippen molar-refractivity contribution in [2.24, 2.45) is 17.8 Å². The van der Waals surface area contributed by atoms with E-state index in [1.807, 2.05) is 30.9 Å². The minimum Gasteiger partial charge on any atom is -0.342 e. The SMILES string of the molecule is Cc1cc(C)cc(C(=O)N2CCCC(C(=O)N3CC[C@@H]4CNC[C@@H]4CC3)C2)c1.Cl. The second-order valence-corrected chi connectivity index (χ2v) is 9.05. The van der Waals surface area contributed by atoms with Crippen LogP contribution in [0.15, 0.2) is 18.2 Å². The molecule has 6 heteroatoms. The fraction of sp³-hybridized carbons (Fsp3) is 0.652. The van der Waals surface area contributed by atoms with Crippen molar-refractivity contribution in [3.05, 3.63) is 34.9 Å². The molecule has 5 nitrogen and oxygen atoms in total. The number of amides is 2. The van der Waals surface area contributed by atoms with Gasteiger partial charge in [0.05, 0.1) is 5.92 Å². The predicted molar refractivity (Wildman–Crippen MR) is 117 cm³/mol. The zero-order valence-electron chi connectivity index (χ0n) is 17.7. The average Bonchev–Trinajstić information content (AvgIpc) is 3.04. The van der Waals surface area contributed by atoms with Crippen molar-refractivity contribution < 1.29 is 9.59 Å². The van der Waals surface area contributed by atoms with E-state index in [0.717, 1.165) is 86.9 Å². The van der Waals surface area contributed by atoms with E-state index in [2.05, 4.69) is 16.3 Å². The van der Waals surface area contributed by atoms with Crippen molar-refractivity contribution in [3.8, 4) is 0 Å². The van der Waals surface area contributed by atoms with Gasteiger partial charge in [0.1, 0.15) is 0 Å². The summed E-state index contributed by atoms with van der Waals surface area (Å²) in [6.45, 7) is 9.34. The molecule has 1 unspecified atom stereocenters. The van der Waals surface area contributed by atoms with Crippen LogP contribution in [0, 0.1) is 31.6 Å². The van der Waals surface area contributed by atoms with Gasteiger partial charge in [-0.15, -0.1) is 12.4 Å². The minimum atomic E-state index is -0.0420. The summed E-state index contributed by atoms with van der Waals surface area (Å²) in [5, 5.41) is 3.49. The number of rotatable bonds is 2. The van der Waals surface area contributed by atoms with Crippen LogP contribution in [0.25, 0.3) is 0 Å². The highest BCUT2D eigenvalue weighted by Gasteiger charge is 2.35. The minimum absolute atomic E-state index is 0. The van der Waals surface area contributed by atoms with E-state index in [-0.39, 0.29) is 30.1 Å². The highest BCUT2D eigenvalue weighted by Crippen LogP contribution is 2.29. The van der Waals surface area contributed by atoms with Gasteiger partial charge in [-0.25, -0.2) is 0 Å². The molecule has 2 amide bonds. The third-order valence-electron chi connectivity index (χ3n) is 6.86. The van der Waals surface area contributed by atoms with Crippen LogP contribution in [-0.4, -0.2) is 60.9 Å². The topological polar surface area (TPSA) is 52.7 Å². The smallest absolute Gasteiger partial charge is 0.253 e. The van der Waals surface area contributed by atoms with Crippen molar-refractivity contribution in [2.45, 2.75) is 39.5 Å². The molecule has 0 bridgehead atoms. The third kappa shape index (κ3) is 4.95. The van der Waals surface area contributed by atoms with Gasteiger partial charge in [-0.1, -0.05) is 17.2 Å². The van der Waals surface area contributed by atoms with Gasteiger partial charge >= 0.3 is 0 Å². The number of hydrogen-bond acceptors (Lipinski definition) is 3. The molecule has 3 atom stereocenters. The van der Waals surface area contributed by atoms with Gasteiger partial charge < -0.3 is 15.1 Å². The highest BCUT2D eigenvalue weighted by atomic mass is 35.5. The van der Waals surface area contributed by atoms with Crippen LogP contribution in [0.5, 0.6) is 0 Å². The molecule has 3 heterocycles. The Morgan fingerprint density at radius 3 is 2.14 bits per heavy atom. The molecule has 160 valence electrons. The molecule has 3 aliphatic rings. The molecular formula is C23H34ClN3O2. The summed E-state index contributed by atoms with van der Waals surface area (Å²) in [6, 6.07) is 6.01. The summed E-state index contributed by atoms with van der Waals surface area (Å²) in [5.74, 6) is 1.75. The largest absolute Gasteiger partial charge is 0.342 e. The second kappa shape index (κ2) is 9.48. The van der Waals surface area contributed by atoms with Crippen LogP contribution in [0.4, 0.5) is 0 Å². The van der Waals surface area contributed by atoms with E-state index in [4.69, 9.17) is 0 Å². The van der Waals surface area contributed by atoms with Crippen LogP contribution in [0.1, 0.15) is 47.2 Å². The van der Waals surface area contributed by atoms with Gasteiger partial charge in [0.2, 0.25) is 5.91 Å². The van der Waals surface area contributed by atoms with Crippen molar-refractivity contribution in [1.82, 2.24) is 15.1 Å². The lowest BCUT2D eigenvalue weighted by atomic mass is 9.92. The predicted octanol–water partition coefficient (Wildman–Crippen LogP) is 3.04. The maximum absolute atomic E-state index is 13.2. The monoisotopic (exact) mass is 419 g/mol. The molecule has 0 saturated carbocycles. The van der Waals surface area contributed by atoms with Crippen LogP contribution in [-0.2, 0) is 4.79 Å². The van der Waals surface area contributed by atoms with Crippen LogP contribution in [0.3, 0.4) is 0 Å². The quantitative estimate of drug-likeness (QED) is 0.801. The molecule has 3 aliphatic heterocycles. The highest BCUT2D eigenvalue weighted by molar-refractivity contribution is 5.95. The van der Waals surface area contributed by atoms with Gasteiger partial charge in [-0.05, 0) is 76.6 Å². The second-order valence-electron chi connectivity index (χ2n) is 9.05. The average molecular weight is 420 g/mol. The number of carbonyl (C=O) groups excluding carboxylic acids is 2. The Morgan fingerprint density at radius 2 is 1.52 bits per heavy atom. The summed E-state index contributed by atoms with van der Waals surface area (Å²) in [7, 11) is 0. The zero-order chi connectivity index (χ0) is 19.7. The number of benzene rings is 1. The van der Waals surface area contributed by atoms with Crippen LogP contribution >= 0.6 is 12.4 Å². The van der Waals surface area contributed by atoms with Crippen molar-refractivity contribution >= 4 is 24.2 Å². The molecule has 3 fully saturated rings. The number of nitrogens with one attached hydrogen (secondary N) is 1. The zero-order valence-corrected chi connectivity index (χ0v) is 18.5. The van der Waals surface area contributed by atoms with Gasteiger partial charge in [-0.3, -0.25) is 9.59 Å². The molecule has 29 heavy (non-hydrogen) atoms. The Bertz CT molecular complexity index is 719. The number of likely N-dealkylation sites (tertiary alicyclic amines) is 2. The molecule has 4 rings (SSSR count). The van der Waals surface area contributed by atoms with E-state index < -0.39 is 0 Å². The molecule has 0 aromatic heterocycles. The number of aryl methyl sites for hydroxylation is 2. The Kier molecular flexibility index (Phi) is 7.23. The summed E-state index contributed by atoms with van der Waals surface area (Å²) >= 11 is 0. The van der Waals surface area contributed by atoms with Crippen molar-refractivity contribution in [1.29, 1.82) is 0 Å². The molecule has 1 N–H and O–H groups in total. The Morgan fingerprint density at radius 1 is 0.897 bits per heavy atom. The number of piperidine rings is 1. The molecule has 1 aromatic rings. The van der Waals surface area contributed by atoms with E-state index in [1.165, 1.54) is 0 Å².